The van der Waals surface area contributed by atoms with Crippen LogP contribution in [-0.4, -0.2) is 19.0 Å². The second-order valence-electron chi connectivity index (χ2n) is 4.35. The number of carbonyl (C=O) groups is 1. The number of carbonyl (C=O) groups excluding carboxylic acids is 1. The molecule has 0 radical (unpaired) electrons. The fraction of sp³-hybridized carbons (Fsp3) is 0.125. The molecule has 2 rings (SSSR count). The molecule has 106 valence electrons. The van der Waals surface area contributed by atoms with Crippen LogP contribution in [0.3, 0.4) is 0 Å². The molecule has 2 N–H and O–H groups in total. The second kappa shape index (κ2) is 7.32. The van der Waals surface area contributed by atoms with E-state index in [-0.39, 0.29) is 5.91 Å². The van der Waals surface area contributed by atoms with Crippen LogP contribution in [0.5, 0.6) is 0 Å². The number of nitriles is 1. The molecule has 0 bridgehead atoms. The number of amides is 1. The van der Waals surface area contributed by atoms with Gasteiger partial charge in [-0.1, -0.05) is 29.8 Å². The summed E-state index contributed by atoms with van der Waals surface area (Å²) in [5.41, 5.74) is 1.81. The molecule has 0 heterocycles. The first kappa shape index (κ1) is 14.9. The van der Waals surface area contributed by atoms with Crippen molar-refractivity contribution < 1.29 is 4.79 Å². The lowest BCUT2D eigenvalue weighted by Crippen LogP contribution is -2.28. The zero-order valence-electron chi connectivity index (χ0n) is 11.3. The average molecular weight is 300 g/mol. The van der Waals surface area contributed by atoms with Crippen LogP contribution in [0.1, 0.15) is 15.9 Å². The fourth-order valence-corrected chi connectivity index (χ4v) is 2.00. The number of rotatable bonds is 5. The maximum atomic E-state index is 11.8. The van der Waals surface area contributed by atoms with Gasteiger partial charge in [0, 0.05) is 23.7 Å². The van der Waals surface area contributed by atoms with Crippen molar-refractivity contribution in [3.8, 4) is 6.07 Å². The zero-order chi connectivity index (χ0) is 15.1. The van der Waals surface area contributed by atoms with Crippen molar-refractivity contribution in [2.24, 2.45) is 0 Å². The van der Waals surface area contributed by atoms with Gasteiger partial charge in [-0.05, 0) is 30.3 Å². The SMILES string of the molecule is N#Cc1cc(Cl)ccc1NCCNC(=O)c1ccccc1. The third-order valence-electron chi connectivity index (χ3n) is 2.86. The lowest BCUT2D eigenvalue weighted by Gasteiger charge is -2.09. The van der Waals surface area contributed by atoms with Gasteiger partial charge >= 0.3 is 0 Å². The molecular weight excluding hydrogens is 286 g/mol. The minimum absolute atomic E-state index is 0.117. The van der Waals surface area contributed by atoms with Crippen LogP contribution in [0.2, 0.25) is 5.02 Å². The van der Waals surface area contributed by atoms with E-state index in [4.69, 9.17) is 16.9 Å². The third kappa shape index (κ3) is 4.23. The molecule has 0 atom stereocenters. The molecule has 0 aliphatic heterocycles. The summed E-state index contributed by atoms with van der Waals surface area (Å²) in [7, 11) is 0. The van der Waals surface area contributed by atoms with E-state index in [0.717, 1.165) is 0 Å². The number of hydrogen-bond donors (Lipinski definition) is 2. The van der Waals surface area contributed by atoms with Gasteiger partial charge in [-0.25, -0.2) is 0 Å². The Labute approximate surface area is 128 Å². The van der Waals surface area contributed by atoms with Crippen LogP contribution < -0.4 is 10.6 Å². The Morgan fingerprint density at radius 3 is 2.62 bits per heavy atom. The smallest absolute Gasteiger partial charge is 0.251 e. The predicted octanol–water partition coefficient (Wildman–Crippen LogP) is 3.05. The molecule has 0 spiro atoms. The first-order valence-corrected chi connectivity index (χ1v) is 6.85. The highest BCUT2D eigenvalue weighted by atomic mass is 35.5. The van der Waals surface area contributed by atoms with Gasteiger partial charge in [-0.2, -0.15) is 5.26 Å². The molecule has 0 saturated carbocycles. The van der Waals surface area contributed by atoms with Crippen molar-refractivity contribution in [2.75, 3.05) is 18.4 Å². The summed E-state index contributed by atoms with van der Waals surface area (Å²) >= 11 is 5.83. The molecular formula is C16H14ClN3O. The van der Waals surface area contributed by atoms with E-state index < -0.39 is 0 Å². The summed E-state index contributed by atoms with van der Waals surface area (Å²) in [5, 5.41) is 15.5. The normalized spacial score (nSPS) is 9.71. The van der Waals surface area contributed by atoms with Gasteiger partial charge in [0.25, 0.3) is 5.91 Å². The van der Waals surface area contributed by atoms with E-state index in [9.17, 15) is 4.79 Å². The standard InChI is InChI=1S/C16H14ClN3O/c17-14-6-7-15(13(10-14)11-18)19-8-9-20-16(21)12-4-2-1-3-5-12/h1-7,10,19H,8-9H2,(H,20,21). The summed E-state index contributed by atoms with van der Waals surface area (Å²) in [4.78, 5) is 11.8. The Kier molecular flexibility index (Phi) is 5.19. The monoisotopic (exact) mass is 299 g/mol. The van der Waals surface area contributed by atoms with E-state index in [1.165, 1.54) is 0 Å². The van der Waals surface area contributed by atoms with Crippen molar-refractivity contribution >= 4 is 23.2 Å². The molecule has 2 aromatic rings. The van der Waals surface area contributed by atoms with Crippen molar-refractivity contribution in [2.45, 2.75) is 0 Å². The topological polar surface area (TPSA) is 64.9 Å². The van der Waals surface area contributed by atoms with E-state index in [2.05, 4.69) is 16.7 Å². The van der Waals surface area contributed by atoms with Crippen LogP contribution >= 0.6 is 11.6 Å². The lowest BCUT2D eigenvalue weighted by molar-refractivity contribution is 0.0955. The van der Waals surface area contributed by atoms with Crippen LogP contribution in [-0.2, 0) is 0 Å². The largest absolute Gasteiger partial charge is 0.382 e. The maximum Gasteiger partial charge on any atom is 0.251 e. The molecule has 21 heavy (non-hydrogen) atoms. The molecule has 4 nitrogen and oxygen atoms in total. The van der Waals surface area contributed by atoms with Gasteiger partial charge in [0.05, 0.1) is 11.3 Å². The maximum absolute atomic E-state index is 11.8. The van der Waals surface area contributed by atoms with Gasteiger partial charge < -0.3 is 10.6 Å². The Bertz CT molecular complexity index is 665. The van der Waals surface area contributed by atoms with E-state index in [1.807, 2.05) is 18.2 Å². The van der Waals surface area contributed by atoms with Crippen molar-refractivity contribution in [3.63, 3.8) is 0 Å². The van der Waals surface area contributed by atoms with Gasteiger partial charge in [-0.15, -0.1) is 0 Å². The van der Waals surface area contributed by atoms with Crippen LogP contribution in [0.25, 0.3) is 0 Å². The zero-order valence-corrected chi connectivity index (χ0v) is 12.0. The number of hydrogen-bond acceptors (Lipinski definition) is 3. The number of nitrogens with one attached hydrogen (secondary N) is 2. The van der Waals surface area contributed by atoms with E-state index in [0.29, 0.717) is 34.9 Å². The van der Waals surface area contributed by atoms with Crippen LogP contribution in [0.4, 0.5) is 5.69 Å². The summed E-state index contributed by atoms with van der Waals surface area (Å²) in [6.07, 6.45) is 0. The van der Waals surface area contributed by atoms with Crippen molar-refractivity contribution in [3.05, 3.63) is 64.7 Å². The van der Waals surface area contributed by atoms with Gasteiger partial charge in [0.2, 0.25) is 0 Å². The molecule has 0 aromatic heterocycles. The van der Waals surface area contributed by atoms with Crippen molar-refractivity contribution in [1.29, 1.82) is 5.26 Å². The summed E-state index contributed by atoms with van der Waals surface area (Å²) in [5.74, 6) is -0.117. The highest BCUT2D eigenvalue weighted by Gasteiger charge is 2.04. The Morgan fingerprint density at radius 2 is 1.90 bits per heavy atom. The summed E-state index contributed by atoms with van der Waals surface area (Å²) in [6.45, 7) is 0.982. The Balaban J connectivity index is 1.83. The molecule has 5 heteroatoms. The number of halogens is 1. The first-order chi connectivity index (χ1) is 10.2. The molecule has 0 aliphatic rings. The molecule has 1 amide bonds. The number of anilines is 1. The highest BCUT2D eigenvalue weighted by molar-refractivity contribution is 6.30. The minimum Gasteiger partial charge on any atom is -0.382 e. The second-order valence-corrected chi connectivity index (χ2v) is 4.79. The van der Waals surface area contributed by atoms with Gasteiger partial charge in [0.15, 0.2) is 0 Å². The lowest BCUT2D eigenvalue weighted by atomic mass is 10.2. The quantitative estimate of drug-likeness (QED) is 0.834. The van der Waals surface area contributed by atoms with E-state index in [1.54, 1.807) is 30.3 Å². The van der Waals surface area contributed by atoms with Gasteiger partial charge in [0.1, 0.15) is 6.07 Å². The predicted molar refractivity (Wildman–Crippen MR) is 83.4 cm³/mol. The van der Waals surface area contributed by atoms with Gasteiger partial charge in [-0.3, -0.25) is 4.79 Å². The Hall–Kier alpha value is -2.51. The molecule has 0 fully saturated rings. The molecule has 0 unspecified atom stereocenters. The van der Waals surface area contributed by atoms with Crippen LogP contribution in [0.15, 0.2) is 48.5 Å². The minimum atomic E-state index is -0.117. The third-order valence-corrected chi connectivity index (χ3v) is 3.10. The number of benzene rings is 2. The summed E-state index contributed by atoms with van der Waals surface area (Å²) < 4.78 is 0. The van der Waals surface area contributed by atoms with Crippen molar-refractivity contribution in [1.82, 2.24) is 5.32 Å². The Morgan fingerprint density at radius 1 is 1.14 bits per heavy atom. The number of nitrogens with zero attached hydrogens (tertiary/aromatic N) is 1. The first-order valence-electron chi connectivity index (χ1n) is 6.47. The molecule has 0 saturated heterocycles. The molecule has 2 aromatic carbocycles. The highest BCUT2D eigenvalue weighted by Crippen LogP contribution is 2.19. The average Bonchev–Trinajstić information content (AvgIpc) is 2.53. The van der Waals surface area contributed by atoms with E-state index >= 15 is 0 Å². The molecule has 0 aliphatic carbocycles. The summed E-state index contributed by atoms with van der Waals surface area (Å²) in [6, 6.07) is 16.2. The fourth-order valence-electron chi connectivity index (χ4n) is 1.83. The van der Waals surface area contributed by atoms with Crippen LogP contribution in [0, 0.1) is 11.3 Å².